The molecule has 0 aliphatic carbocycles. The van der Waals surface area contributed by atoms with Gasteiger partial charge >= 0.3 is 0 Å². The molecule has 0 bridgehead atoms. The Morgan fingerprint density at radius 1 is 1.50 bits per heavy atom. The van der Waals surface area contributed by atoms with Crippen molar-refractivity contribution in [2.45, 2.75) is 0 Å². The molecule has 0 radical (unpaired) electrons. The van der Waals surface area contributed by atoms with E-state index in [2.05, 4.69) is 4.99 Å². The molecule has 1 aromatic carbocycles. The monoisotopic (exact) mass is 232 g/mol. The van der Waals surface area contributed by atoms with Gasteiger partial charge in [0.15, 0.2) is 0 Å². The summed E-state index contributed by atoms with van der Waals surface area (Å²) in [5.41, 5.74) is 0.191. The minimum absolute atomic E-state index is 0.00750. The second-order valence-corrected chi connectivity index (χ2v) is 3.22. The van der Waals surface area contributed by atoms with Crippen LogP contribution in [0.2, 0.25) is 10.0 Å². The molecular formula is C8H6Cl2N2O2. The Morgan fingerprint density at radius 2 is 2.14 bits per heavy atom. The van der Waals surface area contributed by atoms with E-state index in [1.807, 2.05) is 0 Å². The number of aliphatic imine (C=N–C) groups is 1. The molecule has 0 spiro atoms. The van der Waals surface area contributed by atoms with Crippen molar-refractivity contribution in [1.82, 2.24) is 0 Å². The highest BCUT2D eigenvalue weighted by atomic mass is 35.5. The van der Waals surface area contributed by atoms with Gasteiger partial charge in [-0.05, 0) is 6.07 Å². The molecule has 0 aliphatic heterocycles. The van der Waals surface area contributed by atoms with Crippen LogP contribution in [0.5, 0.6) is 0 Å². The maximum atomic E-state index is 10.5. The number of nitrogens with zero attached hydrogens (tertiary/aromatic N) is 2. The minimum atomic E-state index is -0.564. The molecule has 1 aromatic rings. The van der Waals surface area contributed by atoms with Gasteiger partial charge in [-0.25, -0.2) is 0 Å². The van der Waals surface area contributed by atoms with E-state index in [4.69, 9.17) is 23.2 Å². The van der Waals surface area contributed by atoms with Crippen molar-refractivity contribution in [1.29, 1.82) is 0 Å². The molecule has 0 atom stereocenters. The first kappa shape index (κ1) is 10.9. The zero-order valence-corrected chi connectivity index (χ0v) is 8.71. The van der Waals surface area contributed by atoms with Crippen molar-refractivity contribution in [3.8, 4) is 0 Å². The van der Waals surface area contributed by atoms with Crippen molar-refractivity contribution >= 4 is 35.1 Å². The van der Waals surface area contributed by atoms with Crippen molar-refractivity contribution in [2.24, 2.45) is 4.99 Å². The highest BCUT2D eigenvalue weighted by Crippen LogP contribution is 2.31. The quantitative estimate of drug-likeness (QED) is 0.448. The summed E-state index contributed by atoms with van der Waals surface area (Å²) in [5.74, 6) is 0. The van der Waals surface area contributed by atoms with E-state index < -0.39 is 4.92 Å². The molecule has 74 valence electrons. The lowest BCUT2D eigenvalue weighted by Gasteiger charge is -2.01. The predicted octanol–water partition coefficient (Wildman–Crippen LogP) is 2.95. The molecule has 0 fully saturated rings. The van der Waals surface area contributed by atoms with Crippen LogP contribution in [0.25, 0.3) is 0 Å². The molecule has 14 heavy (non-hydrogen) atoms. The number of rotatable bonds is 2. The van der Waals surface area contributed by atoms with Crippen molar-refractivity contribution in [2.75, 3.05) is 7.05 Å². The third kappa shape index (κ3) is 2.02. The first-order valence-electron chi connectivity index (χ1n) is 3.62. The van der Waals surface area contributed by atoms with E-state index in [0.29, 0.717) is 10.6 Å². The molecule has 0 unspecified atom stereocenters. The summed E-state index contributed by atoms with van der Waals surface area (Å²) in [7, 11) is 1.53. The second kappa shape index (κ2) is 4.39. The molecule has 0 heterocycles. The summed E-state index contributed by atoms with van der Waals surface area (Å²) in [6.45, 7) is 0. The van der Waals surface area contributed by atoms with E-state index in [0.717, 1.165) is 0 Å². The molecule has 0 saturated heterocycles. The molecule has 0 saturated carbocycles. The molecular weight excluding hydrogens is 227 g/mol. The average molecular weight is 233 g/mol. The van der Waals surface area contributed by atoms with Crippen LogP contribution in [-0.4, -0.2) is 18.2 Å². The van der Waals surface area contributed by atoms with E-state index in [1.165, 1.54) is 25.4 Å². The largest absolute Gasteiger partial charge is 0.296 e. The number of hydrogen-bond donors (Lipinski definition) is 0. The highest BCUT2D eigenvalue weighted by Gasteiger charge is 2.16. The summed E-state index contributed by atoms with van der Waals surface area (Å²) in [6, 6.07) is 2.68. The fourth-order valence-corrected chi connectivity index (χ4v) is 1.48. The Kier molecular flexibility index (Phi) is 3.43. The van der Waals surface area contributed by atoms with E-state index in [9.17, 15) is 10.1 Å². The molecule has 0 N–H and O–H groups in total. The third-order valence-electron chi connectivity index (χ3n) is 1.56. The molecule has 0 aromatic heterocycles. The Hall–Kier alpha value is -1.13. The van der Waals surface area contributed by atoms with Gasteiger partial charge in [0, 0.05) is 24.9 Å². The number of halogens is 2. The number of hydrogen-bond acceptors (Lipinski definition) is 3. The number of benzene rings is 1. The van der Waals surface area contributed by atoms with Gasteiger partial charge in [-0.1, -0.05) is 23.2 Å². The van der Waals surface area contributed by atoms with Gasteiger partial charge in [0.25, 0.3) is 5.69 Å². The van der Waals surface area contributed by atoms with Crippen LogP contribution in [0.15, 0.2) is 17.1 Å². The third-order valence-corrected chi connectivity index (χ3v) is 2.29. The summed E-state index contributed by atoms with van der Waals surface area (Å²) < 4.78 is 0. The first-order valence-corrected chi connectivity index (χ1v) is 4.38. The zero-order valence-electron chi connectivity index (χ0n) is 7.20. The van der Waals surface area contributed by atoms with Gasteiger partial charge in [0.2, 0.25) is 0 Å². The normalized spacial score (nSPS) is 10.8. The molecule has 4 nitrogen and oxygen atoms in total. The fourth-order valence-electron chi connectivity index (χ4n) is 0.946. The summed E-state index contributed by atoms with van der Waals surface area (Å²) in [4.78, 5) is 13.7. The van der Waals surface area contributed by atoms with Crippen LogP contribution in [0.3, 0.4) is 0 Å². The lowest BCUT2D eigenvalue weighted by Crippen LogP contribution is -1.93. The second-order valence-electron chi connectivity index (χ2n) is 2.44. The van der Waals surface area contributed by atoms with Crippen LogP contribution in [-0.2, 0) is 0 Å². The molecule has 6 heteroatoms. The van der Waals surface area contributed by atoms with Crippen LogP contribution in [0.4, 0.5) is 5.69 Å². The molecule has 0 aliphatic rings. The summed E-state index contributed by atoms with van der Waals surface area (Å²) >= 11 is 11.6. The highest BCUT2D eigenvalue weighted by molar-refractivity contribution is 6.40. The zero-order chi connectivity index (χ0) is 10.7. The molecule has 0 amide bonds. The smallest absolute Gasteiger partial charge is 0.288 e. The topological polar surface area (TPSA) is 55.5 Å². The number of nitro benzene ring substituents is 1. The Morgan fingerprint density at radius 3 is 2.64 bits per heavy atom. The van der Waals surface area contributed by atoms with Gasteiger partial charge in [-0.2, -0.15) is 0 Å². The Balaban J connectivity index is 3.40. The van der Waals surface area contributed by atoms with Gasteiger partial charge in [-0.15, -0.1) is 0 Å². The number of nitro groups is 1. The van der Waals surface area contributed by atoms with Gasteiger partial charge in [0.1, 0.15) is 5.02 Å². The van der Waals surface area contributed by atoms with Gasteiger partial charge in [0.05, 0.1) is 9.95 Å². The lowest BCUT2D eigenvalue weighted by atomic mass is 10.2. The maximum absolute atomic E-state index is 10.5. The average Bonchev–Trinajstić information content (AvgIpc) is 2.11. The van der Waals surface area contributed by atoms with Crippen molar-refractivity contribution in [3.63, 3.8) is 0 Å². The van der Waals surface area contributed by atoms with E-state index >= 15 is 0 Å². The predicted molar refractivity (Wildman–Crippen MR) is 56.6 cm³/mol. The van der Waals surface area contributed by atoms with Gasteiger partial charge in [-0.3, -0.25) is 15.1 Å². The maximum Gasteiger partial charge on any atom is 0.288 e. The summed E-state index contributed by atoms with van der Waals surface area (Å²) in [5, 5.41) is 10.9. The van der Waals surface area contributed by atoms with Crippen LogP contribution < -0.4 is 0 Å². The summed E-state index contributed by atoms with van der Waals surface area (Å²) in [6.07, 6.45) is 1.39. The first-order chi connectivity index (χ1) is 6.57. The van der Waals surface area contributed by atoms with Gasteiger partial charge < -0.3 is 0 Å². The Labute approximate surface area is 90.3 Å². The Bertz CT molecular complexity index is 405. The van der Waals surface area contributed by atoms with Crippen LogP contribution >= 0.6 is 23.2 Å². The standard InChI is InChI=1S/C8H6Cl2N2O2/c1-11-4-5-6(9)2-3-7(8(5)10)12(13)14/h2-4H,1H3/b11-4+. The van der Waals surface area contributed by atoms with Crippen LogP contribution in [0, 0.1) is 10.1 Å². The van der Waals surface area contributed by atoms with Crippen molar-refractivity contribution < 1.29 is 4.92 Å². The van der Waals surface area contributed by atoms with Crippen molar-refractivity contribution in [3.05, 3.63) is 37.9 Å². The SMILES string of the molecule is C/N=C/c1c(Cl)ccc([N+](=O)[O-])c1Cl. The molecule has 1 rings (SSSR count). The fraction of sp³-hybridized carbons (Fsp3) is 0.125. The minimum Gasteiger partial charge on any atom is -0.296 e. The van der Waals surface area contributed by atoms with E-state index in [1.54, 1.807) is 0 Å². The lowest BCUT2D eigenvalue weighted by molar-refractivity contribution is -0.384. The van der Waals surface area contributed by atoms with Crippen LogP contribution in [0.1, 0.15) is 5.56 Å². The van der Waals surface area contributed by atoms with E-state index in [-0.39, 0.29) is 10.7 Å².